The Morgan fingerprint density at radius 1 is 1.31 bits per heavy atom. The number of pyridine rings is 1. The molecule has 2 aliphatic heterocycles. The Labute approximate surface area is 211 Å². The summed E-state index contributed by atoms with van der Waals surface area (Å²) in [6.07, 6.45) is 3.58. The van der Waals surface area contributed by atoms with Crippen molar-refractivity contribution in [3.05, 3.63) is 28.7 Å². The van der Waals surface area contributed by atoms with Gasteiger partial charge < -0.3 is 26.2 Å². The van der Waals surface area contributed by atoms with Crippen LogP contribution >= 0.6 is 50.4 Å². The van der Waals surface area contributed by atoms with Crippen molar-refractivity contribution in [2.45, 2.75) is 55.4 Å². The number of halogens is 1. The summed E-state index contributed by atoms with van der Waals surface area (Å²) in [5, 5.41) is 11.1. The van der Waals surface area contributed by atoms with Gasteiger partial charge in [0, 0.05) is 35.6 Å². The summed E-state index contributed by atoms with van der Waals surface area (Å²) in [7, 11) is 0. The van der Waals surface area contributed by atoms with E-state index >= 15 is 0 Å². The van der Waals surface area contributed by atoms with E-state index in [9.17, 15) is 5.11 Å². The molecule has 2 fully saturated rings. The van der Waals surface area contributed by atoms with E-state index in [-0.39, 0.29) is 57.0 Å². The number of rotatable bonds is 4. The van der Waals surface area contributed by atoms with Gasteiger partial charge in [-0.05, 0) is 32.8 Å². The highest BCUT2D eigenvalue weighted by Crippen LogP contribution is 2.42. The fraction of sp³-hybridized carbons (Fsp3) is 0.550. The van der Waals surface area contributed by atoms with E-state index in [2.05, 4.69) is 14.9 Å². The molecule has 8 nitrogen and oxygen atoms in total. The highest BCUT2D eigenvalue weighted by Gasteiger charge is 2.47. The van der Waals surface area contributed by atoms with Gasteiger partial charge in [0.25, 0.3) is 0 Å². The van der Waals surface area contributed by atoms with Gasteiger partial charge in [-0.15, -0.1) is 0 Å². The number of hydrogen-bond donors (Lipinski definition) is 3. The Balaban J connectivity index is 0.00000181. The zero-order chi connectivity index (χ0) is 21.5. The molecule has 2 aromatic heterocycles. The number of aromatic nitrogens is 3. The van der Waals surface area contributed by atoms with E-state index in [0.29, 0.717) is 22.3 Å². The van der Waals surface area contributed by atoms with Crippen molar-refractivity contribution in [2.75, 3.05) is 30.3 Å². The number of piperidine rings is 1. The third-order valence-corrected chi connectivity index (χ3v) is 7.87. The first kappa shape index (κ1) is 27.3. The highest BCUT2D eigenvalue weighted by molar-refractivity contribution is 7.99. The number of hydrogen-bond acceptors (Lipinski definition) is 9. The van der Waals surface area contributed by atoms with Crippen LogP contribution in [-0.4, -0.2) is 51.9 Å². The van der Waals surface area contributed by atoms with Gasteiger partial charge in [0.2, 0.25) is 0 Å². The van der Waals surface area contributed by atoms with E-state index in [1.54, 1.807) is 12.3 Å². The van der Waals surface area contributed by atoms with Crippen molar-refractivity contribution in [3.8, 4) is 0 Å². The zero-order valence-corrected chi connectivity index (χ0v) is 21.7. The van der Waals surface area contributed by atoms with Gasteiger partial charge >= 0.3 is 0 Å². The van der Waals surface area contributed by atoms with E-state index in [1.165, 1.54) is 11.8 Å². The molecule has 2 atom stereocenters. The van der Waals surface area contributed by atoms with Gasteiger partial charge in [-0.2, -0.15) is 27.0 Å². The van der Waals surface area contributed by atoms with Crippen LogP contribution in [0, 0.1) is 12.3 Å². The summed E-state index contributed by atoms with van der Waals surface area (Å²) in [4.78, 5) is 16.4. The molecule has 12 heteroatoms. The van der Waals surface area contributed by atoms with Crippen molar-refractivity contribution >= 4 is 62.0 Å². The lowest BCUT2D eigenvalue weighted by Crippen LogP contribution is -2.51. The van der Waals surface area contributed by atoms with Crippen LogP contribution in [0.2, 0.25) is 5.02 Å². The minimum absolute atomic E-state index is 0. The predicted octanol–water partition coefficient (Wildman–Crippen LogP) is 2.62. The van der Waals surface area contributed by atoms with Crippen LogP contribution in [-0.2, 0) is 11.3 Å². The van der Waals surface area contributed by atoms with Crippen molar-refractivity contribution in [3.63, 3.8) is 0 Å². The predicted molar refractivity (Wildman–Crippen MR) is 139 cm³/mol. The maximum atomic E-state index is 9.98. The molecule has 0 saturated carbocycles. The van der Waals surface area contributed by atoms with Crippen LogP contribution in [0.3, 0.4) is 0 Å². The van der Waals surface area contributed by atoms with E-state index in [4.69, 9.17) is 32.8 Å². The number of nitrogens with zero attached hydrogens (tertiary/aromatic N) is 4. The molecule has 0 radical (unpaired) electrons. The first-order valence-corrected chi connectivity index (χ1v) is 11.2. The molecule has 0 aliphatic carbocycles. The molecule has 2 aromatic rings. The number of nitrogens with two attached hydrogens (primary N) is 2. The number of ether oxygens (including phenoxy) is 1. The second kappa shape index (κ2) is 11.0. The molecule has 1 spiro atoms. The SMILES string of the molecule is Cc1nc(N2CCC3(CC2)CO[C@@H](C)[C@H]3N)c(CO)nc1Sc1ccnc(N)c1Cl.S.S. The normalized spacial score (nSPS) is 21.8. The van der Waals surface area contributed by atoms with Gasteiger partial charge in [0.1, 0.15) is 16.5 Å². The summed E-state index contributed by atoms with van der Waals surface area (Å²) in [5.41, 5.74) is 13.6. The van der Waals surface area contributed by atoms with Gasteiger partial charge in [0.15, 0.2) is 5.82 Å². The first-order valence-electron chi connectivity index (χ1n) is 10.0. The van der Waals surface area contributed by atoms with Gasteiger partial charge in [-0.1, -0.05) is 23.4 Å². The second-order valence-corrected chi connectivity index (χ2v) is 9.45. The van der Waals surface area contributed by atoms with E-state index in [1.807, 2.05) is 13.8 Å². The Kier molecular flexibility index (Phi) is 9.37. The molecule has 0 unspecified atom stereocenters. The van der Waals surface area contributed by atoms with Crippen molar-refractivity contribution < 1.29 is 9.84 Å². The molecular formula is C20H31ClN6O2S3. The minimum Gasteiger partial charge on any atom is -0.390 e. The molecule has 5 N–H and O–H groups in total. The molecular weight excluding hydrogens is 488 g/mol. The standard InChI is InChI=1S/C20H27ClN6O2S.2H2S/c1-11-19(30-14-3-6-24-17(23)15(14)21)26-13(9-28)18(25-11)27-7-4-20(5-8-27)10-29-12(2)16(20)22;;/h3,6,12,16,28H,4-5,7-10,22H2,1-2H3,(H2,23,24);2*1H2/t12-,16+;;/m0../s1. The second-order valence-electron chi connectivity index (χ2n) is 8.04. The average Bonchev–Trinajstić information content (AvgIpc) is 3.01. The summed E-state index contributed by atoms with van der Waals surface area (Å²) < 4.78 is 5.82. The fourth-order valence-electron chi connectivity index (χ4n) is 4.24. The molecule has 2 aliphatic rings. The number of aryl methyl sites for hydroxylation is 1. The molecule has 0 amide bonds. The highest BCUT2D eigenvalue weighted by atomic mass is 35.5. The maximum Gasteiger partial charge on any atom is 0.153 e. The fourth-order valence-corrected chi connectivity index (χ4v) is 5.35. The molecule has 0 bridgehead atoms. The van der Waals surface area contributed by atoms with Crippen LogP contribution in [0.1, 0.15) is 31.2 Å². The smallest absolute Gasteiger partial charge is 0.153 e. The summed E-state index contributed by atoms with van der Waals surface area (Å²) in [5.74, 6) is 1.01. The van der Waals surface area contributed by atoms with Crippen LogP contribution in [0.25, 0.3) is 0 Å². The van der Waals surface area contributed by atoms with Crippen LogP contribution in [0.5, 0.6) is 0 Å². The van der Waals surface area contributed by atoms with Crippen molar-refractivity contribution in [1.29, 1.82) is 0 Å². The number of nitrogen functional groups attached to an aromatic ring is 1. The zero-order valence-electron chi connectivity index (χ0n) is 18.1. The maximum absolute atomic E-state index is 9.98. The van der Waals surface area contributed by atoms with Crippen molar-refractivity contribution in [2.24, 2.45) is 11.1 Å². The third-order valence-electron chi connectivity index (χ3n) is 6.22. The van der Waals surface area contributed by atoms with Crippen LogP contribution < -0.4 is 16.4 Å². The molecule has 4 rings (SSSR count). The molecule has 0 aromatic carbocycles. The van der Waals surface area contributed by atoms with Gasteiger partial charge in [-0.3, -0.25) is 0 Å². The number of aliphatic hydroxyl groups is 1. The minimum atomic E-state index is -0.191. The average molecular weight is 519 g/mol. The Hall–Kier alpha value is -0.950. The first-order chi connectivity index (χ1) is 14.3. The number of aliphatic hydroxyl groups excluding tert-OH is 1. The van der Waals surface area contributed by atoms with E-state index < -0.39 is 0 Å². The molecule has 2 saturated heterocycles. The summed E-state index contributed by atoms with van der Waals surface area (Å²) in [6, 6.07) is 1.84. The molecule has 178 valence electrons. The lowest BCUT2D eigenvalue weighted by atomic mass is 9.73. The third kappa shape index (κ3) is 5.08. The topological polar surface area (TPSA) is 123 Å². The van der Waals surface area contributed by atoms with Gasteiger partial charge in [-0.25, -0.2) is 15.0 Å². The van der Waals surface area contributed by atoms with Crippen molar-refractivity contribution in [1.82, 2.24) is 15.0 Å². The Morgan fingerprint density at radius 3 is 2.59 bits per heavy atom. The number of anilines is 2. The molecule has 4 heterocycles. The summed E-state index contributed by atoms with van der Waals surface area (Å²) >= 11 is 7.64. The summed E-state index contributed by atoms with van der Waals surface area (Å²) in [6.45, 7) is 6.10. The van der Waals surface area contributed by atoms with Crippen LogP contribution in [0.4, 0.5) is 11.6 Å². The Morgan fingerprint density at radius 2 is 2.00 bits per heavy atom. The monoisotopic (exact) mass is 518 g/mol. The molecule has 32 heavy (non-hydrogen) atoms. The lowest BCUT2D eigenvalue weighted by Gasteiger charge is -2.42. The lowest BCUT2D eigenvalue weighted by molar-refractivity contribution is 0.0973. The van der Waals surface area contributed by atoms with Gasteiger partial charge in [0.05, 0.1) is 30.0 Å². The quantitative estimate of drug-likeness (QED) is 0.560. The van der Waals surface area contributed by atoms with Crippen LogP contribution in [0.15, 0.2) is 22.2 Å². The van der Waals surface area contributed by atoms with E-state index in [0.717, 1.165) is 42.3 Å². The Bertz CT molecular complexity index is 946. The largest absolute Gasteiger partial charge is 0.390 e.